The van der Waals surface area contributed by atoms with Crippen molar-refractivity contribution in [3.63, 3.8) is 0 Å². The highest BCUT2D eigenvalue weighted by molar-refractivity contribution is 5.47. The summed E-state index contributed by atoms with van der Waals surface area (Å²) in [5, 5.41) is 11.9. The fraction of sp³-hybridized carbons (Fsp3) is 0.133. The fourth-order valence-electron chi connectivity index (χ4n) is 1.71. The molecule has 0 atom stereocenters. The number of hydrogen-bond acceptors (Lipinski definition) is 3. The van der Waals surface area contributed by atoms with Crippen LogP contribution in [0.1, 0.15) is 11.1 Å². The van der Waals surface area contributed by atoms with Crippen LogP contribution in [0.3, 0.4) is 0 Å². The molecule has 2 aromatic rings. The lowest BCUT2D eigenvalue weighted by Crippen LogP contribution is -2.03. The predicted octanol–water partition coefficient (Wildman–Crippen LogP) is 3.32. The Morgan fingerprint density at radius 3 is 2.58 bits per heavy atom. The summed E-state index contributed by atoms with van der Waals surface area (Å²) < 4.78 is 18.9. The van der Waals surface area contributed by atoms with Crippen molar-refractivity contribution in [3.8, 4) is 11.8 Å². The lowest BCUT2D eigenvalue weighted by Gasteiger charge is -2.08. The first kappa shape index (κ1) is 12.9. The van der Waals surface area contributed by atoms with Crippen LogP contribution in [0, 0.1) is 17.1 Å². The third-order valence-electron chi connectivity index (χ3n) is 2.77. The maximum atomic E-state index is 13.8. The third kappa shape index (κ3) is 3.02. The average molecular weight is 256 g/mol. The number of halogens is 1. The minimum absolute atomic E-state index is 0.0639. The van der Waals surface area contributed by atoms with Crippen molar-refractivity contribution < 1.29 is 9.13 Å². The van der Waals surface area contributed by atoms with Gasteiger partial charge in [-0.05, 0) is 30.3 Å². The van der Waals surface area contributed by atoms with Crippen LogP contribution >= 0.6 is 0 Å². The van der Waals surface area contributed by atoms with Gasteiger partial charge in [-0.1, -0.05) is 12.1 Å². The number of nitrogens with one attached hydrogen (secondary N) is 1. The molecule has 2 aromatic carbocycles. The molecular weight excluding hydrogens is 243 g/mol. The Kier molecular flexibility index (Phi) is 3.99. The Bertz CT molecular complexity index is 603. The molecule has 2 rings (SSSR count). The van der Waals surface area contributed by atoms with Gasteiger partial charge in [0.1, 0.15) is 17.6 Å². The van der Waals surface area contributed by atoms with Gasteiger partial charge in [0, 0.05) is 17.8 Å². The van der Waals surface area contributed by atoms with E-state index in [9.17, 15) is 4.39 Å². The molecule has 4 heteroatoms. The Labute approximate surface area is 111 Å². The maximum Gasteiger partial charge on any atom is 0.145 e. The quantitative estimate of drug-likeness (QED) is 0.912. The molecule has 0 fully saturated rings. The van der Waals surface area contributed by atoms with E-state index in [1.165, 1.54) is 6.07 Å². The number of methoxy groups -OCH3 is 1. The number of hydrogen-bond donors (Lipinski definition) is 1. The van der Waals surface area contributed by atoms with Crippen molar-refractivity contribution in [3.05, 3.63) is 59.4 Å². The highest BCUT2D eigenvalue weighted by Gasteiger charge is 2.06. The lowest BCUT2D eigenvalue weighted by atomic mass is 10.1. The molecule has 3 nitrogen and oxygen atoms in total. The van der Waals surface area contributed by atoms with E-state index >= 15 is 0 Å². The minimum Gasteiger partial charge on any atom is -0.497 e. The van der Waals surface area contributed by atoms with Crippen LogP contribution < -0.4 is 10.1 Å². The summed E-state index contributed by atoms with van der Waals surface area (Å²) in [5.74, 6) is 0.300. The second-order valence-electron chi connectivity index (χ2n) is 3.97. The molecular formula is C15H13FN2O. The molecule has 0 heterocycles. The zero-order valence-corrected chi connectivity index (χ0v) is 10.5. The van der Waals surface area contributed by atoms with Crippen LogP contribution in [-0.2, 0) is 6.54 Å². The van der Waals surface area contributed by atoms with Crippen LogP contribution in [0.5, 0.6) is 5.75 Å². The zero-order chi connectivity index (χ0) is 13.7. The van der Waals surface area contributed by atoms with Gasteiger partial charge in [-0.2, -0.15) is 5.26 Å². The average Bonchev–Trinajstić information content (AvgIpc) is 2.47. The summed E-state index contributed by atoms with van der Waals surface area (Å²) in [7, 11) is 1.60. The highest BCUT2D eigenvalue weighted by Crippen LogP contribution is 2.17. The molecule has 0 aliphatic rings. The predicted molar refractivity (Wildman–Crippen MR) is 71.4 cm³/mol. The Hall–Kier alpha value is -2.54. The second-order valence-corrected chi connectivity index (χ2v) is 3.97. The van der Waals surface area contributed by atoms with E-state index in [0.717, 1.165) is 11.4 Å². The summed E-state index contributed by atoms with van der Waals surface area (Å²) in [6, 6.07) is 14.0. The van der Waals surface area contributed by atoms with Gasteiger partial charge in [0.15, 0.2) is 0 Å². The van der Waals surface area contributed by atoms with E-state index in [1.54, 1.807) is 19.2 Å². The van der Waals surface area contributed by atoms with Gasteiger partial charge >= 0.3 is 0 Å². The van der Waals surface area contributed by atoms with E-state index < -0.39 is 5.82 Å². The van der Waals surface area contributed by atoms with Crippen molar-refractivity contribution in [2.45, 2.75) is 6.54 Å². The fourth-order valence-corrected chi connectivity index (χ4v) is 1.71. The van der Waals surface area contributed by atoms with Gasteiger partial charge in [0.2, 0.25) is 0 Å². The monoisotopic (exact) mass is 256 g/mol. The first-order valence-corrected chi connectivity index (χ1v) is 5.80. The Balaban J connectivity index is 2.08. The molecule has 0 amide bonds. The first-order valence-electron chi connectivity index (χ1n) is 5.80. The standard InChI is InChI=1S/C15H13FN2O/c1-19-14-7-5-13(6-8-14)18-10-12-4-2-3-11(9-17)15(12)16/h2-8,18H,10H2,1H3. The zero-order valence-electron chi connectivity index (χ0n) is 10.5. The Morgan fingerprint density at radius 2 is 1.95 bits per heavy atom. The highest BCUT2D eigenvalue weighted by atomic mass is 19.1. The first-order chi connectivity index (χ1) is 9.24. The van der Waals surface area contributed by atoms with E-state index in [0.29, 0.717) is 12.1 Å². The molecule has 0 bridgehead atoms. The van der Waals surface area contributed by atoms with Gasteiger partial charge in [0.05, 0.1) is 12.7 Å². The minimum atomic E-state index is -0.467. The SMILES string of the molecule is COc1ccc(NCc2cccc(C#N)c2F)cc1. The van der Waals surface area contributed by atoms with Gasteiger partial charge < -0.3 is 10.1 Å². The van der Waals surface area contributed by atoms with Crippen LogP contribution in [-0.4, -0.2) is 7.11 Å². The third-order valence-corrected chi connectivity index (χ3v) is 2.77. The molecule has 0 aliphatic carbocycles. The smallest absolute Gasteiger partial charge is 0.145 e. The van der Waals surface area contributed by atoms with Crippen molar-refractivity contribution in [1.82, 2.24) is 0 Å². The number of nitrogens with zero attached hydrogens (tertiary/aromatic N) is 1. The summed E-state index contributed by atoms with van der Waals surface area (Å²) >= 11 is 0. The summed E-state index contributed by atoms with van der Waals surface area (Å²) in [6.07, 6.45) is 0. The molecule has 0 aliphatic heterocycles. The lowest BCUT2D eigenvalue weighted by molar-refractivity contribution is 0.415. The molecule has 0 aromatic heterocycles. The number of ether oxygens (including phenoxy) is 1. The van der Waals surface area contributed by atoms with E-state index in [-0.39, 0.29) is 5.56 Å². The molecule has 0 radical (unpaired) electrons. The number of benzene rings is 2. The number of nitriles is 1. The molecule has 0 saturated carbocycles. The van der Waals surface area contributed by atoms with Crippen molar-refractivity contribution in [1.29, 1.82) is 5.26 Å². The second kappa shape index (κ2) is 5.87. The van der Waals surface area contributed by atoms with E-state index in [2.05, 4.69) is 5.32 Å². The van der Waals surface area contributed by atoms with Crippen molar-refractivity contribution >= 4 is 5.69 Å². The largest absolute Gasteiger partial charge is 0.497 e. The topological polar surface area (TPSA) is 45.0 Å². The van der Waals surface area contributed by atoms with Crippen molar-refractivity contribution in [2.75, 3.05) is 12.4 Å². The summed E-state index contributed by atoms with van der Waals surface area (Å²) in [5.41, 5.74) is 1.39. The van der Waals surface area contributed by atoms with Gasteiger partial charge in [-0.15, -0.1) is 0 Å². The molecule has 0 spiro atoms. The molecule has 1 N–H and O–H groups in total. The van der Waals surface area contributed by atoms with Crippen LogP contribution in [0.15, 0.2) is 42.5 Å². The maximum absolute atomic E-state index is 13.8. The van der Waals surface area contributed by atoms with Crippen LogP contribution in [0.25, 0.3) is 0 Å². The van der Waals surface area contributed by atoms with E-state index in [4.69, 9.17) is 10.00 Å². The molecule has 19 heavy (non-hydrogen) atoms. The van der Waals surface area contributed by atoms with Gasteiger partial charge in [-0.25, -0.2) is 4.39 Å². The molecule has 0 unspecified atom stereocenters. The van der Waals surface area contributed by atoms with Crippen LogP contribution in [0.2, 0.25) is 0 Å². The van der Waals surface area contributed by atoms with Gasteiger partial charge in [-0.3, -0.25) is 0 Å². The van der Waals surface area contributed by atoms with Gasteiger partial charge in [0.25, 0.3) is 0 Å². The van der Waals surface area contributed by atoms with E-state index in [1.807, 2.05) is 30.3 Å². The normalized spacial score (nSPS) is 9.74. The Morgan fingerprint density at radius 1 is 1.21 bits per heavy atom. The van der Waals surface area contributed by atoms with Crippen LogP contribution in [0.4, 0.5) is 10.1 Å². The molecule has 96 valence electrons. The molecule has 0 saturated heterocycles. The summed E-state index contributed by atoms with van der Waals surface area (Å²) in [4.78, 5) is 0. The number of anilines is 1. The van der Waals surface area contributed by atoms with Crippen molar-refractivity contribution in [2.24, 2.45) is 0 Å². The summed E-state index contributed by atoms with van der Waals surface area (Å²) in [6.45, 7) is 0.327. The number of rotatable bonds is 4.